The van der Waals surface area contributed by atoms with E-state index in [0.717, 1.165) is 0 Å². The molecule has 3 rings (SSSR count). The number of hydrogen-bond acceptors (Lipinski definition) is 3. The Morgan fingerprint density at radius 1 is 0.960 bits per heavy atom. The first kappa shape index (κ1) is 17.7. The molecule has 2 aromatic carbocycles. The number of carbonyl (C=O) groups is 2. The van der Waals surface area contributed by atoms with Crippen molar-refractivity contribution in [3.8, 4) is 0 Å². The third-order valence-corrected chi connectivity index (χ3v) is 4.59. The summed E-state index contributed by atoms with van der Waals surface area (Å²) in [7, 11) is 0. The zero-order valence-electron chi connectivity index (χ0n) is 13.3. The molecular formula is C18H16Cl2N2O3. The predicted octanol–water partition coefficient (Wildman–Crippen LogP) is 3.72. The number of morpholine rings is 1. The van der Waals surface area contributed by atoms with E-state index in [2.05, 4.69) is 5.32 Å². The topological polar surface area (TPSA) is 58.6 Å². The molecule has 1 N–H and O–H groups in total. The highest BCUT2D eigenvalue weighted by Crippen LogP contribution is 2.23. The van der Waals surface area contributed by atoms with Crippen molar-refractivity contribution in [2.24, 2.45) is 0 Å². The summed E-state index contributed by atoms with van der Waals surface area (Å²) in [5.41, 5.74) is 1.45. The molecule has 0 atom stereocenters. The number of carbonyl (C=O) groups excluding carboxylic acids is 2. The van der Waals surface area contributed by atoms with Crippen molar-refractivity contribution in [2.45, 2.75) is 0 Å². The van der Waals surface area contributed by atoms with Crippen LogP contribution in [0, 0.1) is 0 Å². The summed E-state index contributed by atoms with van der Waals surface area (Å²) in [6, 6.07) is 11.5. The largest absolute Gasteiger partial charge is 0.378 e. The Hall–Kier alpha value is -2.08. The summed E-state index contributed by atoms with van der Waals surface area (Å²) in [5, 5.41) is 3.46. The van der Waals surface area contributed by atoms with E-state index >= 15 is 0 Å². The van der Waals surface area contributed by atoms with Gasteiger partial charge in [-0.1, -0.05) is 29.3 Å². The number of benzene rings is 2. The first-order valence-corrected chi connectivity index (χ1v) is 8.53. The Morgan fingerprint density at radius 3 is 2.44 bits per heavy atom. The fourth-order valence-electron chi connectivity index (χ4n) is 2.52. The van der Waals surface area contributed by atoms with Gasteiger partial charge in [-0.25, -0.2) is 0 Å². The van der Waals surface area contributed by atoms with Gasteiger partial charge in [0.2, 0.25) is 0 Å². The first-order chi connectivity index (χ1) is 12.0. The quantitative estimate of drug-likeness (QED) is 0.885. The van der Waals surface area contributed by atoms with Crippen LogP contribution in [0.3, 0.4) is 0 Å². The van der Waals surface area contributed by atoms with E-state index in [1.54, 1.807) is 41.3 Å². The smallest absolute Gasteiger partial charge is 0.255 e. The summed E-state index contributed by atoms with van der Waals surface area (Å²) >= 11 is 11.8. The third-order valence-electron chi connectivity index (χ3n) is 3.85. The van der Waals surface area contributed by atoms with E-state index in [0.29, 0.717) is 53.2 Å². The van der Waals surface area contributed by atoms with Crippen LogP contribution in [0.4, 0.5) is 5.69 Å². The fourth-order valence-corrected chi connectivity index (χ4v) is 2.82. The van der Waals surface area contributed by atoms with Crippen molar-refractivity contribution in [2.75, 3.05) is 31.6 Å². The van der Waals surface area contributed by atoms with E-state index in [4.69, 9.17) is 27.9 Å². The van der Waals surface area contributed by atoms with E-state index in [-0.39, 0.29) is 11.8 Å². The van der Waals surface area contributed by atoms with Crippen LogP contribution in [0.5, 0.6) is 0 Å². The van der Waals surface area contributed by atoms with Gasteiger partial charge in [-0.2, -0.15) is 0 Å². The fraction of sp³-hybridized carbons (Fsp3) is 0.222. The van der Waals surface area contributed by atoms with Gasteiger partial charge in [0, 0.05) is 29.9 Å². The van der Waals surface area contributed by atoms with Gasteiger partial charge in [-0.3, -0.25) is 9.59 Å². The maximum atomic E-state index is 12.5. The second-order valence-corrected chi connectivity index (χ2v) is 6.38. The molecule has 0 aromatic heterocycles. The molecule has 0 spiro atoms. The Kier molecular flexibility index (Phi) is 5.58. The Bertz CT molecular complexity index is 805. The lowest BCUT2D eigenvalue weighted by atomic mass is 10.1. The highest BCUT2D eigenvalue weighted by atomic mass is 35.5. The Balaban J connectivity index is 1.73. The molecule has 0 unspecified atom stereocenters. The van der Waals surface area contributed by atoms with Gasteiger partial charge in [-0.15, -0.1) is 0 Å². The molecule has 0 aliphatic carbocycles. The van der Waals surface area contributed by atoms with E-state index in [1.807, 2.05) is 0 Å². The third kappa shape index (κ3) is 4.31. The molecule has 2 amide bonds. The highest BCUT2D eigenvalue weighted by molar-refractivity contribution is 6.42. The second-order valence-electron chi connectivity index (χ2n) is 5.57. The van der Waals surface area contributed by atoms with Crippen LogP contribution in [0.2, 0.25) is 10.0 Å². The average molecular weight is 379 g/mol. The minimum Gasteiger partial charge on any atom is -0.378 e. The lowest BCUT2D eigenvalue weighted by molar-refractivity contribution is 0.0303. The predicted molar refractivity (Wildman–Crippen MR) is 97.6 cm³/mol. The van der Waals surface area contributed by atoms with Crippen LogP contribution in [0.15, 0.2) is 42.5 Å². The van der Waals surface area contributed by atoms with Crippen LogP contribution in [0.25, 0.3) is 0 Å². The molecule has 2 aromatic rings. The highest BCUT2D eigenvalue weighted by Gasteiger charge is 2.19. The summed E-state index contributed by atoms with van der Waals surface area (Å²) in [5.74, 6) is -0.400. The van der Waals surface area contributed by atoms with Gasteiger partial charge in [0.25, 0.3) is 11.8 Å². The molecule has 1 saturated heterocycles. The summed E-state index contributed by atoms with van der Waals surface area (Å²) in [4.78, 5) is 26.6. The van der Waals surface area contributed by atoms with Crippen molar-refractivity contribution in [1.29, 1.82) is 0 Å². The number of anilines is 1. The van der Waals surface area contributed by atoms with Gasteiger partial charge < -0.3 is 15.0 Å². The van der Waals surface area contributed by atoms with Crippen molar-refractivity contribution < 1.29 is 14.3 Å². The zero-order valence-corrected chi connectivity index (χ0v) is 14.8. The molecule has 130 valence electrons. The minimum absolute atomic E-state index is 0.0751. The van der Waals surface area contributed by atoms with Crippen LogP contribution >= 0.6 is 23.2 Å². The molecule has 0 radical (unpaired) electrons. The Morgan fingerprint density at radius 2 is 1.72 bits per heavy atom. The van der Waals surface area contributed by atoms with Crippen molar-refractivity contribution in [3.05, 3.63) is 63.6 Å². The molecule has 0 saturated carbocycles. The van der Waals surface area contributed by atoms with Crippen LogP contribution in [-0.4, -0.2) is 43.0 Å². The lowest BCUT2D eigenvalue weighted by Crippen LogP contribution is -2.40. The molecule has 0 bridgehead atoms. The zero-order chi connectivity index (χ0) is 17.8. The van der Waals surface area contributed by atoms with Crippen molar-refractivity contribution >= 4 is 40.7 Å². The molecule has 1 fully saturated rings. The monoisotopic (exact) mass is 378 g/mol. The Labute approximate surface area is 155 Å². The van der Waals surface area contributed by atoms with E-state index in [9.17, 15) is 9.59 Å². The lowest BCUT2D eigenvalue weighted by Gasteiger charge is -2.27. The maximum absolute atomic E-state index is 12.5. The summed E-state index contributed by atoms with van der Waals surface area (Å²) < 4.78 is 5.26. The number of nitrogens with one attached hydrogen (secondary N) is 1. The van der Waals surface area contributed by atoms with Crippen molar-refractivity contribution in [3.63, 3.8) is 0 Å². The van der Waals surface area contributed by atoms with E-state index in [1.165, 1.54) is 6.07 Å². The number of halogens is 2. The second kappa shape index (κ2) is 7.87. The van der Waals surface area contributed by atoms with Gasteiger partial charge in [0.1, 0.15) is 0 Å². The number of nitrogens with zero attached hydrogens (tertiary/aromatic N) is 1. The first-order valence-electron chi connectivity index (χ1n) is 7.78. The van der Waals surface area contributed by atoms with Crippen LogP contribution in [-0.2, 0) is 4.74 Å². The number of rotatable bonds is 3. The SMILES string of the molecule is O=C(Nc1cccc(C(=O)N2CCOCC2)c1)c1ccc(Cl)c(Cl)c1. The van der Waals surface area contributed by atoms with Gasteiger partial charge in [0.05, 0.1) is 23.3 Å². The number of hydrogen-bond donors (Lipinski definition) is 1. The molecule has 5 nitrogen and oxygen atoms in total. The number of ether oxygens (including phenoxy) is 1. The molecule has 1 aliphatic rings. The molecule has 25 heavy (non-hydrogen) atoms. The van der Waals surface area contributed by atoms with Gasteiger partial charge in [-0.05, 0) is 36.4 Å². The standard InChI is InChI=1S/C18H16Cl2N2O3/c19-15-5-4-12(11-16(15)20)17(23)21-14-3-1-2-13(10-14)18(24)22-6-8-25-9-7-22/h1-5,10-11H,6-9H2,(H,21,23). The molecule has 1 aliphatic heterocycles. The van der Waals surface area contributed by atoms with Crippen LogP contribution in [0.1, 0.15) is 20.7 Å². The summed E-state index contributed by atoms with van der Waals surface area (Å²) in [6.07, 6.45) is 0. The normalized spacial score (nSPS) is 14.2. The molecule has 7 heteroatoms. The minimum atomic E-state index is -0.325. The molecule has 1 heterocycles. The number of amides is 2. The van der Waals surface area contributed by atoms with Crippen LogP contribution < -0.4 is 5.32 Å². The van der Waals surface area contributed by atoms with Crippen molar-refractivity contribution in [1.82, 2.24) is 4.90 Å². The van der Waals surface area contributed by atoms with E-state index < -0.39 is 0 Å². The molecular weight excluding hydrogens is 363 g/mol. The maximum Gasteiger partial charge on any atom is 0.255 e. The van der Waals surface area contributed by atoms with Gasteiger partial charge >= 0.3 is 0 Å². The van der Waals surface area contributed by atoms with Gasteiger partial charge in [0.15, 0.2) is 0 Å². The summed E-state index contributed by atoms with van der Waals surface area (Å²) in [6.45, 7) is 2.22. The average Bonchev–Trinajstić information content (AvgIpc) is 2.64.